The average molecular weight is 442 g/mol. The van der Waals surface area contributed by atoms with Crippen LogP contribution in [0.1, 0.15) is 130 Å². The summed E-state index contributed by atoms with van der Waals surface area (Å²) in [6.45, 7) is 8.97. The predicted molar refractivity (Wildman–Crippen MR) is 129 cm³/mol. The monoisotopic (exact) mass is 441 g/mol. The van der Waals surface area contributed by atoms with Crippen molar-refractivity contribution in [1.29, 1.82) is 0 Å². The van der Waals surface area contributed by atoms with E-state index in [1.165, 1.54) is 77.0 Å². The minimum Gasteiger partial charge on any atom is -0.464 e. The maximum absolute atomic E-state index is 12.2. The first-order valence-electron chi connectivity index (χ1n) is 13.1. The summed E-state index contributed by atoms with van der Waals surface area (Å²) >= 11 is 0. The molecule has 5 heteroatoms. The number of ether oxygens (including phenoxy) is 2. The quantitative estimate of drug-likeness (QED) is 0.147. The van der Waals surface area contributed by atoms with Gasteiger partial charge in [-0.3, -0.25) is 0 Å². The lowest BCUT2D eigenvalue weighted by Crippen LogP contribution is -2.42. The van der Waals surface area contributed by atoms with Crippen molar-refractivity contribution in [2.75, 3.05) is 13.2 Å². The standard InChI is InChI=1S/C26H51NO4/c1-5-7-8-9-10-11-12-13-14-15-16-17-18-19-21-30-25(28)24(20-6-2)27-26(29)31-22-23(3)4/h23-24H,5-22H2,1-4H3,(H,27,29). The zero-order valence-electron chi connectivity index (χ0n) is 21.0. The molecule has 0 heterocycles. The second-order valence-electron chi connectivity index (χ2n) is 9.24. The molecule has 0 aromatic carbocycles. The molecule has 5 nitrogen and oxygen atoms in total. The molecule has 0 aromatic rings. The lowest BCUT2D eigenvalue weighted by atomic mass is 10.0. The first-order valence-corrected chi connectivity index (χ1v) is 13.1. The first-order chi connectivity index (χ1) is 15.0. The molecule has 31 heavy (non-hydrogen) atoms. The zero-order chi connectivity index (χ0) is 23.2. The fourth-order valence-corrected chi connectivity index (χ4v) is 3.53. The highest BCUT2D eigenvalue weighted by Gasteiger charge is 2.22. The van der Waals surface area contributed by atoms with E-state index in [0.717, 1.165) is 19.3 Å². The number of carbonyl (C=O) groups is 2. The Labute approximate surface area is 192 Å². The third kappa shape index (κ3) is 20.4. The Morgan fingerprint density at radius 3 is 1.61 bits per heavy atom. The van der Waals surface area contributed by atoms with E-state index in [9.17, 15) is 9.59 Å². The van der Waals surface area contributed by atoms with Gasteiger partial charge in [-0.2, -0.15) is 0 Å². The molecule has 0 radical (unpaired) electrons. The van der Waals surface area contributed by atoms with Crippen LogP contribution in [0.4, 0.5) is 4.79 Å². The van der Waals surface area contributed by atoms with E-state index in [1.807, 2.05) is 20.8 Å². The molecule has 0 bridgehead atoms. The largest absolute Gasteiger partial charge is 0.464 e. The topological polar surface area (TPSA) is 64.6 Å². The maximum atomic E-state index is 12.2. The Balaban J connectivity index is 3.62. The smallest absolute Gasteiger partial charge is 0.407 e. The Morgan fingerprint density at radius 2 is 1.16 bits per heavy atom. The minimum absolute atomic E-state index is 0.266. The molecule has 0 aromatic heterocycles. The number of hydrogen-bond acceptors (Lipinski definition) is 4. The van der Waals surface area contributed by atoms with Crippen molar-refractivity contribution in [3.8, 4) is 0 Å². The summed E-state index contributed by atoms with van der Waals surface area (Å²) in [6.07, 6.45) is 19.0. The maximum Gasteiger partial charge on any atom is 0.407 e. The van der Waals surface area contributed by atoms with Crippen LogP contribution in [0.15, 0.2) is 0 Å². The summed E-state index contributed by atoms with van der Waals surface area (Å²) in [5.74, 6) is -0.0827. The van der Waals surface area contributed by atoms with Crippen LogP contribution in [0.3, 0.4) is 0 Å². The number of carbonyl (C=O) groups excluding carboxylic acids is 2. The van der Waals surface area contributed by atoms with Crippen LogP contribution in [0.2, 0.25) is 0 Å². The van der Waals surface area contributed by atoms with Gasteiger partial charge < -0.3 is 14.8 Å². The van der Waals surface area contributed by atoms with Crippen molar-refractivity contribution in [2.24, 2.45) is 5.92 Å². The van der Waals surface area contributed by atoms with Crippen molar-refractivity contribution >= 4 is 12.1 Å². The number of esters is 1. The molecule has 0 aliphatic heterocycles. The fourth-order valence-electron chi connectivity index (χ4n) is 3.53. The predicted octanol–water partition coefficient (Wildman–Crippen LogP) is 7.56. The number of alkyl carbamates (subject to hydrolysis) is 1. The molecular formula is C26H51NO4. The van der Waals surface area contributed by atoms with E-state index in [1.54, 1.807) is 0 Å². The van der Waals surface area contributed by atoms with Crippen molar-refractivity contribution < 1.29 is 19.1 Å². The Morgan fingerprint density at radius 1 is 0.677 bits per heavy atom. The van der Waals surface area contributed by atoms with E-state index < -0.39 is 12.1 Å². The van der Waals surface area contributed by atoms with Crippen molar-refractivity contribution in [3.05, 3.63) is 0 Å². The lowest BCUT2D eigenvalue weighted by molar-refractivity contribution is -0.146. The van der Waals surface area contributed by atoms with Crippen LogP contribution in [0, 0.1) is 5.92 Å². The van der Waals surface area contributed by atoms with Gasteiger partial charge in [0.1, 0.15) is 6.04 Å². The van der Waals surface area contributed by atoms with Gasteiger partial charge in [-0.15, -0.1) is 0 Å². The van der Waals surface area contributed by atoms with E-state index in [0.29, 0.717) is 19.6 Å². The molecule has 1 amide bonds. The molecule has 1 N–H and O–H groups in total. The van der Waals surface area contributed by atoms with Gasteiger partial charge in [0.2, 0.25) is 0 Å². The molecule has 0 aliphatic carbocycles. The molecule has 0 rings (SSSR count). The second-order valence-corrected chi connectivity index (χ2v) is 9.24. The van der Waals surface area contributed by atoms with Gasteiger partial charge in [-0.25, -0.2) is 9.59 Å². The van der Waals surface area contributed by atoms with Gasteiger partial charge in [0.05, 0.1) is 13.2 Å². The Bertz CT molecular complexity index is 426. The summed E-state index contributed by atoms with van der Waals surface area (Å²) in [5.41, 5.74) is 0. The van der Waals surface area contributed by atoms with Gasteiger partial charge in [0.25, 0.3) is 0 Å². The van der Waals surface area contributed by atoms with Gasteiger partial charge in [0.15, 0.2) is 0 Å². The molecule has 0 aliphatic rings. The van der Waals surface area contributed by atoms with E-state index >= 15 is 0 Å². The van der Waals surface area contributed by atoms with Crippen LogP contribution in [0.25, 0.3) is 0 Å². The number of rotatable bonds is 21. The molecule has 0 saturated heterocycles. The lowest BCUT2D eigenvalue weighted by Gasteiger charge is -2.17. The first kappa shape index (κ1) is 29.7. The van der Waals surface area contributed by atoms with E-state index in [2.05, 4.69) is 12.2 Å². The normalized spacial score (nSPS) is 12.0. The van der Waals surface area contributed by atoms with Crippen LogP contribution >= 0.6 is 0 Å². The summed E-state index contributed by atoms with van der Waals surface area (Å²) < 4.78 is 10.5. The summed E-state index contributed by atoms with van der Waals surface area (Å²) in [5, 5.41) is 2.64. The highest BCUT2D eigenvalue weighted by molar-refractivity contribution is 5.81. The van der Waals surface area contributed by atoms with Gasteiger partial charge in [-0.1, -0.05) is 118 Å². The zero-order valence-corrected chi connectivity index (χ0v) is 21.0. The summed E-state index contributed by atoms with van der Waals surface area (Å²) in [7, 11) is 0. The van der Waals surface area contributed by atoms with Crippen molar-refractivity contribution in [3.63, 3.8) is 0 Å². The molecular weight excluding hydrogens is 390 g/mol. The van der Waals surface area contributed by atoms with Crippen LogP contribution in [-0.4, -0.2) is 31.3 Å². The van der Waals surface area contributed by atoms with Crippen LogP contribution < -0.4 is 5.32 Å². The van der Waals surface area contributed by atoms with E-state index in [-0.39, 0.29) is 11.9 Å². The highest BCUT2D eigenvalue weighted by Crippen LogP contribution is 2.13. The Kier molecular flexibility index (Phi) is 21.1. The second kappa shape index (κ2) is 22.0. The van der Waals surface area contributed by atoms with Crippen LogP contribution in [-0.2, 0) is 14.3 Å². The third-order valence-electron chi connectivity index (χ3n) is 5.44. The van der Waals surface area contributed by atoms with Crippen molar-refractivity contribution in [1.82, 2.24) is 5.32 Å². The van der Waals surface area contributed by atoms with Gasteiger partial charge in [0, 0.05) is 0 Å². The number of hydrogen-bond donors (Lipinski definition) is 1. The molecule has 0 spiro atoms. The van der Waals surface area contributed by atoms with E-state index in [4.69, 9.17) is 9.47 Å². The van der Waals surface area contributed by atoms with Gasteiger partial charge >= 0.3 is 12.1 Å². The highest BCUT2D eigenvalue weighted by atomic mass is 16.6. The summed E-state index contributed by atoms with van der Waals surface area (Å²) in [6, 6.07) is -0.615. The van der Waals surface area contributed by atoms with Crippen molar-refractivity contribution in [2.45, 2.75) is 136 Å². The third-order valence-corrected chi connectivity index (χ3v) is 5.44. The number of nitrogens with one attached hydrogen (secondary N) is 1. The molecule has 1 unspecified atom stereocenters. The van der Waals surface area contributed by atoms with Gasteiger partial charge in [-0.05, 0) is 18.8 Å². The number of amides is 1. The molecule has 0 saturated carbocycles. The summed E-state index contributed by atoms with van der Waals surface area (Å²) in [4.78, 5) is 24.1. The van der Waals surface area contributed by atoms with Crippen LogP contribution in [0.5, 0.6) is 0 Å². The molecule has 1 atom stereocenters. The number of unbranched alkanes of at least 4 members (excludes halogenated alkanes) is 13. The minimum atomic E-state index is -0.615. The Hall–Kier alpha value is -1.26. The molecule has 0 fully saturated rings. The average Bonchev–Trinajstić information content (AvgIpc) is 2.74. The SMILES string of the molecule is CCCCCCCCCCCCCCCCOC(=O)C(CCC)NC(=O)OCC(C)C. The molecule has 184 valence electrons. The fraction of sp³-hybridized carbons (Fsp3) is 0.923.